The van der Waals surface area contributed by atoms with E-state index in [4.69, 9.17) is 5.11 Å². The summed E-state index contributed by atoms with van der Waals surface area (Å²) in [6.45, 7) is 5.99. The minimum atomic E-state index is -0.851. The molecule has 1 amide bonds. The van der Waals surface area contributed by atoms with E-state index in [9.17, 15) is 9.59 Å². The molecule has 0 aromatic rings. The third-order valence-corrected chi connectivity index (χ3v) is 3.02. The third kappa shape index (κ3) is 3.20. The molecule has 5 nitrogen and oxygen atoms in total. The quantitative estimate of drug-likeness (QED) is 0.703. The molecule has 2 atom stereocenters. The zero-order valence-corrected chi connectivity index (χ0v) is 9.90. The number of carboxylic acid groups (broad SMARTS) is 1. The number of amides is 1. The van der Waals surface area contributed by atoms with Gasteiger partial charge in [-0.05, 0) is 19.9 Å². The van der Waals surface area contributed by atoms with E-state index in [0.29, 0.717) is 13.1 Å². The fourth-order valence-electron chi connectivity index (χ4n) is 1.91. The average Bonchev–Trinajstić information content (AvgIpc) is 2.77. The Bertz CT molecular complexity index is 262. The number of rotatable bonds is 5. The minimum absolute atomic E-state index is 0.0287. The van der Waals surface area contributed by atoms with Crippen LogP contribution in [-0.4, -0.2) is 48.1 Å². The summed E-state index contributed by atoms with van der Waals surface area (Å²) in [6.07, 6.45) is 0.858. The van der Waals surface area contributed by atoms with Crippen LogP contribution in [0.4, 0.5) is 0 Å². The van der Waals surface area contributed by atoms with Gasteiger partial charge in [-0.1, -0.05) is 6.92 Å². The second-order valence-electron chi connectivity index (χ2n) is 4.31. The molecule has 0 aromatic carbocycles. The molecule has 1 saturated heterocycles. The second-order valence-corrected chi connectivity index (χ2v) is 4.31. The lowest BCUT2D eigenvalue weighted by Gasteiger charge is -2.25. The van der Waals surface area contributed by atoms with Crippen LogP contribution in [0.5, 0.6) is 0 Å². The van der Waals surface area contributed by atoms with E-state index < -0.39 is 11.9 Å². The molecule has 16 heavy (non-hydrogen) atoms. The number of carboxylic acids is 1. The summed E-state index contributed by atoms with van der Waals surface area (Å²) in [7, 11) is 0. The van der Waals surface area contributed by atoms with Crippen molar-refractivity contribution < 1.29 is 14.7 Å². The number of hydrogen-bond acceptors (Lipinski definition) is 3. The van der Waals surface area contributed by atoms with Crippen LogP contribution < -0.4 is 5.32 Å². The maximum absolute atomic E-state index is 12.0. The Morgan fingerprint density at radius 1 is 1.56 bits per heavy atom. The molecule has 0 aromatic heterocycles. The van der Waals surface area contributed by atoms with E-state index in [1.54, 1.807) is 11.8 Å². The first-order chi connectivity index (χ1) is 7.56. The summed E-state index contributed by atoms with van der Waals surface area (Å²) >= 11 is 0. The molecule has 1 fully saturated rings. The topological polar surface area (TPSA) is 69.6 Å². The van der Waals surface area contributed by atoms with Gasteiger partial charge in [0.2, 0.25) is 5.91 Å². The number of aliphatic carboxylic acids is 1. The number of nitrogens with zero attached hydrogens (tertiary/aromatic N) is 1. The van der Waals surface area contributed by atoms with E-state index in [1.165, 1.54) is 0 Å². The minimum Gasteiger partial charge on any atom is -0.481 e. The maximum atomic E-state index is 12.0. The van der Waals surface area contributed by atoms with Gasteiger partial charge in [-0.25, -0.2) is 0 Å². The van der Waals surface area contributed by atoms with Crippen LogP contribution in [0.2, 0.25) is 0 Å². The number of carbonyl (C=O) groups is 2. The van der Waals surface area contributed by atoms with Gasteiger partial charge in [-0.2, -0.15) is 0 Å². The Kier molecular flexibility index (Phi) is 4.73. The molecule has 0 saturated carbocycles. The highest BCUT2D eigenvalue weighted by molar-refractivity contribution is 5.80. The fraction of sp³-hybridized carbons (Fsp3) is 0.818. The first-order valence-electron chi connectivity index (χ1n) is 5.78. The lowest BCUT2D eigenvalue weighted by molar-refractivity contribution is -0.143. The highest BCUT2D eigenvalue weighted by atomic mass is 16.4. The van der Waals surface area contributed by atoms with Gasteiger partial charge in [-0.3, -0.25) is 9.59 Å². The van der Waals surface area contributed by atoms with Crippen LogP contribution in [0.3, 0.4) is 0 Å². The van der Waals surface area contributed by atoms with E-state index in [-0.39, 0.29) is 11.8 Å². The predicted octanol–water partition coefficient (Wildman–Crippen LogP) is 0.165. The summed E-state index contributed by atoms with van der Waals surface area (Å²) in [4.78, 5) is 24.4. The highest BCUT2D eigenvalue weighted by Gasteiger charge is 2.28. The van der Waals surface area contributed by atoms with Crippen molar-refractivity contribution in [3.63, 3.8) is 0 Å². The van der Waals surface area contributed by atoms with E-state index in [2.05, 4.69) is 5.32 Å². The van der Waals surface area contributed by atoms with Crippen LogP contribution in [0.15, 0.2) is 0 Å². The number of hydrogen-bond donors (Lipinski definition) is 2. The number of carbonyl (C=O) groups excluding carboxylic acids is 1. The van der Waals surface area contributed by atoms with Gasteiger partial charge >= 0.3 is 5.97 Å². The molecule has 0 bridgehead atoms. The molecule has 1 aliphatic rings. The van der Waals surface area contributed by atoms with E-state index in [0.717, 1.165) is 19.5 Å². The lowest BCUT2D eigenvalue weighted by atomic mass is 10.1. The van der Waals surface area contributed by atoms with Crippen molar-refractivity contribution in [2.75, 3.05) is 26.2 Å². The molecule has 1 heterocycles. The van der Waals surface area contributed by atoms with E-state index >= 15 is 0 Å². The lowest BCUT2D eigenvalue weighted by Crippen LogP contribution is -2.40. The van der Waals surface area contributed by atoms with Crippen molar-refractivity contribution in [2.45, 2.75) is 20.3 Å². The predicted molar refractivity (Wildman–Crippen MR) is 60.0 cm³/mol. The van der Waals surface area contributed by atoms with Crippen molar-refractivity contribution in [3.8, 4) is 0 Å². The molecule has 1 aliphatic heterocycles. The van der Waals surface area contributed by atoms with Gasteiger partial charge in [-0.15, -0.1) is 0 Å². The van der Waals surface area contributed by atoms with Gasteiger partial charge < -0.3 is 15.3 Å². The standard InChI is InChI=1S/C11H20N2O3/c1-3-13(7-8(2)11(15)16)10(14)9-4-5-12-6-9/h8-9,12H,3-7H2,1-2H3,(H,15,16). The summed E-state index contributed by atoms with van der Waals surface area (Å²) in [5.41, 5.74) is 0. The molecular weight excluding hydrogens is 208 g/mol. The Balaban J connectivity index is 2.52. The van der Waals surface area contributed by atoms with Gasteiger partial charge in [0.05, 0.1) is 11.8 Å². The van der Waals surface area contributed by atoms with Crippen LogP contribution in [-0.2, 0) is 9.59 Å². The second kappa shape index (κ2) is 5.84. The maximum Gasteiger partial charge on any atom is 0.308 e. The summed E-state index contributed by atoms with van der Waals surface area (Å²) in [5.74, 6) is -1.24. The van der Waals surface area contributed by atoms with Gasteiger partial charge in [0.1, 0.15) is 0 Å². The van der Waals surface area contributed by atoms with Crippen molar-refractivity contribution in [3.05, 3.63) is 0 Å². The van der Waals surface area contributed by atoms with Crippen LogP contribution >= 0.6 is 0 Å². The Hall–Kier alpha value is -1.10. The van der Waals surface area contributed by atoms with Gasteiger partial charge in [0.25, 0.3) is 0 Å². The van der Waals surface area contributed by atoms with Crippen molar-refractivity contribution in [2.24, 2.45) is 11.8 Å². The average molecular weight is 228 g/mol. The molecule has 1 rings (SSSR count). The monoisotopic (exact) mass is 228 g/mol. The zero-order valence-electron chi connectivity index (χ0n) is 9.90. The summed E-state index contributed by atoms with van der Waals surface area (Å²) in [5, 5.41) is 12.0. The Morgan fingerprint density at radius 2 is 2.25 bits per heavy atom. The van der Waals surface area contributed by atoms with E-state index in [1.807, 2.05) is 6.92 Å². The fourth-order valence-corrected chi connectivity index (χ4v) is 1.91. The summed E-state index contributed by atoms with van der Waals surface area (Å²) in [6, 6.07) is 0. The van der Waals surface area contributed by atoms with Crippen LogP contribution in [0.25, 0.3) is 0 Å². The van der Waals surface area contributed by atoms with Crippen molar-refractivity contribution in [1.82, 2.24) is 10.2 Å². The molecule has 92 valence electrons. The van der Waals surface area contributed by atoms with Gasteiger partial charge in [0, 0.05) is 19.6 Å². The third-order valence-electron chi connectivity index (χ3n) is 3.02. The molecule has 2 unspecified atom stereocenters. The molecule has 0 aliphatic carbocycles. The molecular formula is C11H20N2O3. The molecule has 5 heteroatoms. The number of nitrogens with one attached hydrogen (secondary N) is 1. The SMILES string of the molecule is CCN(CC(C)C(=O)O)C(=O)C1CCNC1. The largest absolute Gasteiger partial charge is 0.481 e. The Labute approximate surface area is 95.8 Å². The zero-order chi connectivity index (χ0) is 12.1. The normalized spacial score (nSPS) is 21.8. The first kappa shape index (κ1) is 13.0. The highest BCUT2D eigenvalue weighted by Crippen LogP contribution is 2.13. The molecule has 2 N–H and O–H groups in total. The van der Waals surface area contributed by atoms with Crippen LogP contribution in [0, 0.1) is 11.8 Å². The summed E-state index contributed by atoms with van der Waals surface area (Å²) < 4.78 is 0. The smallest absolute Gasteiger partial charge is 0.308 e. The molecule has 0 radical (unpaired) electrons. The first-order valence-corrected chi connectivity index (χ1v) is 5.78. The van der Waals surface area contributed by atoms with Crippen LogP contribution in [0.1, 0.15) is 20.3 Å². The van der Waals surface area contributed by atoms with Crippen molar-refractivity contribution in [1.29, 1.82) is 0 Å². The Morgan fingerprint density at radius 3 is 2.69 bits per heavy atom. The van der Waals surface area contributed by atoms with Crippen molar-refractivity contribution >= 4 is 11.9 Å². The van der Waals surface area contributed by atoms with Gasteiger partial charge in [0.15, 0.2) is 0 Å². The molecule has 0 spiro atoms.